The number of hydrogen-bond acceptors (Lipinski definition) is 5. The van der Waals surface area contributed by atoms with Crippen LogP contribution in [0, 0.1) is 0 Å². The van der Waals surface area contributed by atoms with E-state index in [4.69, 9.17) is 22.2 Å². The number of halogens is 1. The molecule has 0 aliphatic heterocycles. The number of rotatable bonds is 3. The molecule has 1 aromatic heterocycles. The van der Waals surface area contributed by atoms with Gasteiger partial charge in [0, 0.05) is 6.20 Å². The Kier molecular flexibility index (Phi) is 4.05. The summed E-state index contributed by atoms with van der Waals surface area (Å²) in [6.45, 7) is 2.01. The van der Waals surface area contributed by atoms with Crippen molar-refractivity contribution in [3.05, 3.63) is 28.5 Å². The highest BCUT2D eigenvalue weighted by Crippen LogP contribution is 2.16. The lowest BCUT2D eigenvalue weighted by Gasteiger charge is -2.03. The normalized spacial score (nSPS) is 10.5. The second kappa shape index (κ2) is 5.31. The number of nitrogens with two attached hydrogens (primary N) is 1. The summed E-state index contributed by atoms with van der Waals surface area (Å²) >= 11 is 5.85. The standard InChI is InChI=1S/C9H10ClN3O2/c1-2-15-9(14)7-5-12-6(4-13-11)3-8(7)10/h3-5H,2,11H2,1H3/b13-4+. The van der Waals surface area contributed by atoms with Crippen LogP contribution >= 0.6 is 11.6 Å². The van der Waals surface area contributed by atoms with Gasteiger partial charge in [-0.15, -0.1) is 0 Å². The van der Waals surface area contributed by atoms with Gasteiger partial charge in [-0.3, -0.25) is 4.98 Å². The SMILES string of the molecule is CCOC(=O)c1cnc(/C=N/N)cc1Cl. The number of nitrogens with zero attached hydrogens (tertiary/aromatic N) is 2. The number of pyridine rings is 1. The van der Waals surface area contributed by atoms with Crippen molar-refractivity contribution in [2.75, 3.05) is 6.61 Å². The molecule has 0 fully saturated rings. The first-order chi connectivity index (χ1) is 7.19. The van der Waals surface area contributed by atoms with Gasteiger partial charge in [-0.1, -0.05) is 11.6 Å². The summed E-state index contributed by atoms with van der Waals surface area (Å²) < 4.78 is 4.79. The van der Waals surface area contributed by atoms with Crippen LogP contribution in [0.4, 0.5) is 0 Å². The fourth-order valence-electron chi connectivity index (χ4n) is 0.952. The smallest absolute Gasteiger partial charge is 0.341 e. The van der Waals surface area contributed by atoms with E-state index >= 15 is 0 Å². The summed E-state index contributed by atoms with van der Waals surface area (Å²) in [7, 11) is 0. The molecule has 0 amide bonds. The molecule has 80 valence electrons. The first kappa shape index (κ1) is 11.5. The zero-order chi connectivity index (χ0) is 11.3. The third-order valence-electron chi connectivity index (χ3n) is 1.58. The number of ether oxygens (including phenoxy) is 1. The molecule has 6 heteroatoms. The molecule has 0 spiro atoms. The van der Waals surface area contributed by atoms with Crippen molar-refractivity contribution >= 4 is 23.8 Å². The molecular formula is C9H10ClN3O2. The highest BCUT2D eigenvalue weighted by Gasteiger charge is 2.11. The number of aromatic nitrogens is 1. The third-order valence-corrected chi connectivity index (χ3v) is 1.89. The summed E-state index contributed by atoms with van der Waals surface area (Å²) in [6, 6.07) is 1.49. The number of carbonyl (C=O) groups is 1. The highest BCUT2D eigenvalue weighted by atomic mass is 35.5. The van der Waals surface area contributed by atoms with Crippen LogP contribution in [0.2, 0.25) is 5.02 Å². The molecule has 1 aromatic rings. The fraction of sp³-hybridized carbons (Fsp3) is 0.222. The second-order valence-corrected chi connectivity index (χ2v) is 2.99. The molecule has 15 heavy (non-hydrogen) atoms. The molecule has 0 aliphatic carbocycles. The van der Waals surface area contributed by atoms with E-state index in [0.717, 1.165) is 0 Å². The Bertz CT molecular complexity index is 393. The predicted octanol–water partition coefficient (Wildman–Crippen LogP) is 1.20. The Labute approximate surface area is 91.9 Å². The van der Waals surface area contributed by atoms with Gasteiger partial charge in [0.05, 0.1) is 29.1 Å². The molecule has 0 bridgehead atoms. The van der Waals surface area contributed by atoms with Gasteiger partial charge in [0.2, 0.25) is 0 Å². The molecule has 1 heterocycles. The molecule has 0 radical (unpaired) electrons. The van der Waals surface area contributed by atoms with E-state index in [1.54, 1.807) is 6.92 Å². The molecule has 0 saturated carbocycles. The second-order valence-electron chi connectivity index (χ2n) is 2.59. The summed E-state index contributed by atoms with van der Waals surface area (Å²) in [5.74, 6) is 4.46. The van der Waals surface area contributed by atoms with Crippen molar-refractivity contribution in [3.8, 4) is 0 Å². The molecule has 0 atom stereocenters. The predicted molar refractivity (Wildman–Crippen MR) is 57.0 cm³/mol. The number of hydrogen-bond donors (Lipinski definition) is 1. The number of hydrazone groups is 1. The number of carbonyl (C=O) groups excluding carboxylic acids is 1. The number of esters is 1. The molecule has 5 nitrogen and oxygen atoms in total. The fourth-order valence-corrected chi connectivity index (χ4v) is 1.19. The Morgan fingerprint density at radius 1 is 1.80 bits per heavy atom. The van der Waals surface area contributed by atoms with E-state index in [9.17, 15) is 4.79 Å². The van der Waals surface area contributed by atoms with Gasteiger partial charge in [0.1, 0.15) is 0 Å². The van der Waals surface area contributed by atoms with Crippen LogP contribution in [-0.4, -0.2) is 23.8 Å². The van der Waals surface area contributed by atoms with E-state index in [1.807, 2.05) is 0 Å². The van der Waals surface area contributed by atoms with Crippen LogP contribution in [0.25, 0.3) is 0 Å². The maximum atomic E-state index is 11.3. The van der Waals surface area contributed by atoms with Crippen LogP contribution in [0.5, 0.6) is 0 Å². The van der Waals surface area contributed by atoms with Gasteiger partial charge in [0.15, 0.2) is 0 Å². The van der Waals surface area contributed by atoms with Crippen LogP contribution in [0.1, 0.15) is 23.0 Å². The van der Waals surface area contributed by atoms with Crippen LogP contribution < -0.4 is 5.84 Å². The average Bonchev–Trinajstić information content (AvgIpc) is 2.18. The van der Waals surface area contributed by atoms with Gasteiger partial charge in [-0.2, -0.15) is 5.10 Å². The first-order valence-corrected chi connectivity index (χ1v) is 4.62. The highest BCUT2D eigenvalue weighted by molar-refractivity contribution is 6.33. The van der Waals surface area contributed by atoms with Crippen molar-refractivity contribution < 1.29 is 9.53 Å². The minimum atomic E-state index is -0.494. The zero-order valence-electron chi connectivity index (χ0n) is 8.11. The van der Waals surface area contributed by atoms with Crippen molar-refractivity contribution in [2.24, 2.45) is 10.9 Å². The van der Waals surface area contributed by atoms with E-state index < -0.39 is 5.97 Å². The molecule has 1 rings (SSSR count). The average molecular weight is 228 g/mol. The van der Waals surface area contributed by atoms with Crippen molar-refractivity contribution in [1.29, 1.82) is 0 Å². The lowest BCUT2D eigenvalue weighted by atomic mass is 10.2. The Balaban J connectivity index is 2.97. The lowest BCUT2D eigenvalue weighted by Crippen LogP contribution is -2.06. The molecule has 0 aromatic carbocycles. The molecule has 2 N–H and O–H groups in total. The maximum absolute atomic E-state index is 11.3. The van der Waals surface area contributed by atoms with Crippen LogP contribution in [0.15, 0.2) is 17.4 Å². The van der Waals surface area contributed by atoms with E-state index in [1.165, 1.54) is 18.5 Å². The summed E-state index contributed by atoms with van der Waals surface area (Å²) in [6.07, 6.45) is 2.66. The Hall–Kier alpha value is -1.62. The van der Waals surface area contributed by atoms with E-state index in [0.29, 0.717) is 12.3 Å². The molecule has 0 unspecified atom stereocenters. The van der Waals surface area contributed by atoms with Gasteiger partial charge >= 0.3 is 5.97 Å². The van der Waals surface area contributed by atoms with Crippen LogP contribution in [0.3, 0.4) is 0 Å². The summed E-state index contributed by atoms with van der Waals surface area (Å²) in [4.78, 5) is 15.2. The minimum absolute atomic E-state index is 0.229. The summed E-state index contributed by atoms with van der Waals surface area (Å²) in [5, 5.41) is 3.56. The van der Waals surface area contributed by atoms with Crippen molar-refractivity contribution in [2.45, 2.75) is 6.92 Å². The maximum Gasteiger partial charge on any atom is 0.341 e. The van der Waals surface area contributed by atoms with Crippen molar-refractivity contribution in [3.63, 3.8) is 0 Å². The monoisotopic (exact) mass is 227 g/mol. The molecule has 0 saturated heterocycles. The topological polar surface area (TPSA) is 77.6 Å². The zero-order valence-corrected chi connectivity index (χ0v) is 8.86. The molecular weight excluding hydrogens is 218 g/mol. The largest absolute Gasteiger partial charge is 0.462 e. The first-order valence-electron chi connectivity index (χ1n) is 4.25. The van der Waals surface area contributed by atoms with Gasteiger partial charge in [-0.25, -0.2) is 4.79 Å². The third kappa shape index (κ3) is 2.92. The quantitative estimate of drug-likeness (QED) is 0.364. The van der Waals surface area contributed by atoms with Crippen molar-refractivity contribution in [1.82, 2.24) is 4.98 Å². The van der Waals surface area contributed by atoms with Crippen LogP contribution in [-0.2, 0) is 4.74 Å². The lowest BCUT2D eigenvalue weighted by molar-refractivity contribution is 0.0526. The summed E-state index contributed by atoms with van der Waals surface area (Å²) in [5.41, 5.74) is 0.711. The Morgan fingerprint density at radius 2 is 2.53 bits per heavy atom. The minimum Gasteiger partial charge on any atom is -0.462 e. The van der Waals surface area contributed by atoms with Gasteiger partial charge < -0.3 is 10.6 Å². The van der Waals surface area contributed by atoms with E-state index in [-0.39, 0.29) is 10.6 Å². The van der Waals surface area contributed by atoms with Gasteiger partial charge in [-0.05, 0) is 13.0 Å². The Morgan fingerprint density at radius 3 is 3.07 bits per heavy atom. The van der Waals surface area contributed by atoms with E-state index in [2.05, 4.69) is 10.1 Å². The van der Waals surface area contributed by atoms with Gasteiger partial charge in [0.25, 0.3) is 0 Å². The molecule has 0 aliphatic rings.